The molecule has 0 amide bonds. The van der Waals surface area contributed by atoms with Gasteiger partial charge in [0.05, 0.1) is 32.3 Å². The summed E-state index contributed by atoms with van der Waals surface area (Å²) >= 11 is 2.90. The zero-order valence-corrected chi connectivity index (χ0v) is 24.2. The Morgan fingerprint density at radius 3 is 1.41 bits per heavy atom. The van der Waals surface area contributed by atoms with E-state index in [1.165, 1.54) is 23.5 Å². The number of nitrogens with one attached hydrogen (secondary N) is 2. The van der Waals surface area contributed by atoms with Crippen molar-refractivity contribution in [1.82, 2.24) is 0 Å². The Bertz CT molecular complexity index is 1550. The van der Waals surface area contributed by atoms with Crippen molar-refractivity contribution in [2.75, 3.05) is 22.1 Å². The molecule has 8 nitrogen and oxygen atoms in total. The predicted octanol–water partition coefficient (Wildman–Crippen LogP) is 7.96. The minimum Gasteiger partial charge on any atom is -0.374 e. The SMILES string of the molecule is CC1(c2ccccc2)CSc2c(ccc(Cc3ccc4c(c3[N+](=O)[O-])SCC(C)(c3ccccc3)N4)c2[N+](=O)[O-])N1. The van der Waals surface area contributed by atoms with Crippen molar-refractivity contribution in [1.29, 1.82) is 0 Å². The summed E-state index contributed by atoms with van der Waals surface area (Å²) in [4.78, 5) is 25.2. The molecule has 2 atom stereocenters. The minimum atomic E-state index is -0.385. The molecule has 2 aliphatic heterocycles. The van der Waals surface area contributed by atoms with E-state index in [0.29, 0.717) is 43.8 Å². The van der Waals surface area contributed by atoms with Crippen LogP contribution in [0, 0.1) is 20.2 Å². The number of hydrogen-bond donors (Lipinski definition) is 2. The Balaban J connectivity index is 1.35. The first-order valence-electron chi connectivity index (χ1n) is 13.2. The van der Waals surface area contributed by atoms with Crippen LogP contribution in [0.5, 0.6) is 0 Å². The zero-order chi connectivity index (χ0) is 28.8. The van der Waals surface area contributed by atoms with Gasteiger partial charge in [0.15, 0.2) is 0 Å². The molecule has 2 heterocycles. The van der Waals surface area contributed by atoms with E-state index >= 15 is 0 Å². The van der Waals surface area contributed by atoms with Gasteiger partial charge in [-0.15, -0.1) is 23.5 Å². The molecule has 0 bridgehead atoms. The van der Waals surface area contributed by atoms with Gasteiger partial charge in [-0.05, 0) is 49.2 Å². The molecule has 0 saturated carbocycles. The molecular weight excluding hydrogens is 556 g/mol. The first-order chi connectivity index (χ1) is 19.7. The number of nitro benzene ring substituents is 2. The van der Waals surface area contributed by atoms with Crippen LogP contribution in [-0.2, 0) is 17.5 Å². The van der Waals surface area contributed by atoms with Crippen LogP contribution in [-0.4, -0.2) is 21.4 Å². The maximum Gasteiger partial charge on any atom is 0.288 e. The molecule has 4 aromatic carbocycles. The van der Waals surface area contributed by atoms with E-state index in [-0.39, 0.29) is 38.7 Å². The summed E-state index contributed by atoms with van der Waals surface area (Å²) < 4.78 is 0. The molecule has 0 saturated heterocycles. The largest absolute Gasteiger partial charge is 0.374 e. The van der Waals surface area contributed by atoms with Crippen LogP contribution in [0.4, 0.5) is 22.7 Å². The van der Waals surface area contributed by atoms with Crippen molar-refractivity contribution in [3.63, 3.8) is 0 Å². The number of nitrogens with zero attached hydrogens (tertiary/aromatic N) is 2. The van der Waals surface area contributed by atoms with Crippen LogP contribution in [0.15, 0.2) is 94.7 Å². The van der Waals surface area contributed by atoms with Crippen LogP contribution >= 0.6 is 23.5 Å². The van der Waals surface area contributed by atoms with Crippen molar-refractivity contribution in [2.24, 2.45) is 0 Å². The first-order valence-corrected chi connectivity index (χ1v) is 15.2. The molecule has 10 heteroatoms. The average molecular weight is 585 g/mol. The van der Waals surface area contributed by atoms with E-state index in [4.69, 9.17) is 0 Å². The third-order valence-corrected chi connectivity index (χ3v) is 10.7. The monoisotopic (exact) mass is 584 g/mol. The quantitative estimate of drug-likeness (QED) is 0.173. The molecule has 0 fully saturated rings. The molecule has 208 valence electrons. The number of thioether (sulfide) groups is 2. The third-order valence-electron chi connectivity index (χ3n) is 7.83. The molecule has 4 aromatic rings. The molecule has 0 spiro atoms. The second-order valence-corrected chi connectivity index (χ2v) is 12.8. The zero-order valence-electron chi connectivity index (χ0n) is 22.5. The fraction of sp³-hybridized carbons (Fsp3) is 0.226. The van der Waals surface area contributed by atoms with E-state index in [1.54, 1.807) is 12.1 Å². The van der Waals surface area contributed by atoms with E-state index < -0.39 is 0 Å². The highest BCUT2D eigenvalue weighted by molar-refractivity contribution is 8.00. The van der Waals surface area contributed by atoms with Crippen LogP contribution in [0.1, 0.15) is 36.1 Å². The normalized spacial score (nSPS) is 21.1. The number of anilines is 2. The van der Waals surface area contributed by atoms with Crippen molar-refractivity contribution in [3.05, 3.63) is 127 Å². The number of fused-ring (bicyclic) bond motifs is 2. The van der Waals surface area contributed by atoms with Crippen molar-refractivity contribution in [2.45, 2.75) is 41.1 Å². The first kappa shape index (κ1) is 27.2. The van der Waals surface area contributed by atoms with Gasteiger partial charge in [-0.25, -0.2) is 0 Å². The molecule has 0 aromatic heterocycles. The maximum atomic E-state index is 12.4. The highest BCUT2D eigenvalue weighted by Gasteiger charge is 2.38. The van der Waals surface area contributed by atoms with Crippen LogP contribution in [0.2, 0.25) is 0 Å². The van der Waals surface area contributed by atoms with E-state index in [9.17, 15) is 20.2 Å². The van der Waals surface area contributed by atoms with Crippen LogP contribution in [0.25, 0.3) is 0 Å². The number of hydrogen-bond acceptors (Lipinski definition) is 8. The van der Waals surface area contributed by atoms with Crippen molar-refractivity contribution in [3.8, 4) is 0 Å². The lowest BCUT2D eigenvalue weighted by molar-refractivity contribution is -0.389. The van der Waals surface area contributed by atoms with Gasteiger partial charge in [0.2, 0.25) is 0 Å². The Labute approximate surface area is 246 Å². The molecule has 2 N–H and O–H groups in total. The average Bonchev–Trinajstić information content (AvgIpc) is 2.97. The van der Waals surface area contributed by atoms with Crippen LogP contribution < -0.4 is 10.6 Å². The van der Waals surface area contributed by atoms with Gasteiger partial charge in [0, 0.05) is 29.1 Å². The lowest BCUT2D eigenvalue weighted by Gasteiger charge is -2.37. The van der Waals surface area contributed by atoms with E-state index in [2.05, 4.69) is 24.5 Å². The fourth-order valence-electron chi connectivity index (χ4n) is 5.63. The van der Waals surface area contributed by atoms with Gasteiger partial charge in [-0.1, -0.05) is 60.7 Å². The Morgan fingerprint density at radius 2 is 1.05 bits per heavy atom. The van der Waals surface area contributed by atoms with Gasteiger partial charge in [0.25, 0.3) is 11.4 Å². The summed E-state index contributed by atoms with van der Waals surface area (Å²) in [7, 11) is 0. The van der Waals surface area contributed by atoms with Gasteiger partial charge >= 0.3 is 0 Å². The summed E-state index contributed by atoms with van der Waals surface area (Å²) in [6, 6.07) is 27.2. The molecule has 2 aliphatic rings. The van der Waals surface area contributed by atoms with E-state index in [0.717, 1.165) is 11.1 Å². The third kappa shape index (κ3) is 4.91. The van der Waals surface area contributed by atoms with Gasteiger partial charge in [0.1, 0.15) is 9.79 Å². The van der Waals surface area contributed by atoms with Gasteiger partial charge < -0.3 is 10.6 Å². The number of rotatable bonds is 6. The Hall–Kier alpha value is -4.02. The minimum absolute atomic E-state index is 0.00422. The maximum absolute atomic E-state index is 12.4. The van der Waals surface area contributed by atoms with Crippen LogP contribution in [0.3, 0.4) is 0 Å². The lowest BCUT2D eigenvalue weighted by atomic mass is 9.92. The fourth-order valence-corrected chi connectivity index (χ4v) is 8.20. The summed E-state index contributed by atoms with van der Waals surface area (Å²) in [6.45, 7) is 4.17. The lowest BCUT2D eigenvalue weighted by Crippen LogP contribution is -2.37. The second-order valence-electron chi connectivity index (χ2n) is 10.8. The molecule has 41 heavy (non-hydrogen) atoms. The summed E-state index contributed by atoms with van der Waals surface area (Å²) in [5.41, 5.74) is 3.75. The highest BCUT2D eigenvalue weighted by atomic mass is 32.2. The number of benzene rings is 4. The van der Waals surface area contributed by atoms with E-state index in [1.807, 2.05) is 72.8 Å². The molecule has 0 aliphatic carbocycles. The van der Waals surface area contributed by atoms with Crippen molar-refractivity contribution >= 4 is 46.3 Å². The standard InChI is InChI=1S/C31H28N4O4S2/c1-30(22-9-5-3-6-10-22)18-40-28-24(32-30)15-13-20(26(28)34(36)37)17-21-14-16-25-29(27(21)35(38)39)41-19-31(2,33-25)23-11-7-4-8-12-23/h3-16,32-33H,17-19H2,1-2H3. The molecule has 6 rings (SSSR count). The Morgan fingerprint density at radius 1 is 0.659 bits per heavy atom. The van der Waals surface area contributed by atoms with Gasteiger partial charge in [-0.3, -0.25) is 20.2 Å². The summed E-state index contributed by atoms with van der Waals surface area (Å²) in [5, 5.41) is 31.8. The topological polar surface area (TPSA) is 110 Å². The Kier molecular flexibility index (Phi) is 6.91. The molecular formula is C31H28N4O4S2. The van der Waals surface area contributed by atoms with Crippen molar-refractivity contribution < 1.29 is 9.85 Å². The highest BCUT2D eigenvalue weighted by Crippen LogP contribution is 2.50. The summed E-state index contributed by atoms with van der Waals surface area (Å²) in [5.74, 6) is 1.21. The molecule has 0 radical (unpaired) electrons. The predicted molar refractivity (Wildman–Crippen MR) is 165 cm³/mol. The molecule has 2 unspecified atom stereocenters. The van der Waals surface area contributed by atoms with Gasteiger partial charge in [-0.2, -0.15) is 0 Å². The smallest absolute Gasteiger partial charge is 0.288 e. The summed E-state index contributed by atoms with van der Waals surface area (Å²) in [6.07, 6.45) is 0.0835. The second kappa shape index (κ2) is 10.4. The number of nitro groups is 2.